The van der Waals surface area contributed by atoms with Crippen LogP contribution >= 0.6 is 0 Å². The van der Waals surface area contributed by atoms with Crippen LogP contribution in [-0.2, 0) is 21.4 Å². The molecule has 0 bridgehead atoms. The molecule has 3 rings (SSSR count). The molecule has 1 fully saturated rings. The highest BCUT2D eigenvalue weighted by molar-refractivity contribution is 7.89. The van der Waals surface area contributed by atoms with E-state index in [1.807, 2.05) is 0 Å². The molecule has 1 aliphatic heterocycles. The average molecular weight is 336 g/mol. The molecule has 2 heterocycles. The van der Waals surface area contributed by atoms with Gasteiger partial charge >= 0.3 is 5.97 Å². The van der Waals surface area contributed by atoms with Crippen LogP contribution in [0.2, 0.25) is 0 Å². The number of carboxylic acids is 1. The van der Waals surface area contributed by atoms with Gasteiger partial charge in [-0.2, -0.15) is 9.40 Å². The molecule has 0 saturated carbocycles. The SMILES string of the molecule is O=C(O)[C@@H]1CCCN1S(=O)(=O)c1ccccc1Cn1cncn1. The first-order chi connectivity index (χ1) is 11.0. The zero-order chi connectivity index (χ0) is 16.4. The largest absolute Gasteiger partial charge is 0.480 e. The van der Waals surface area contributed by atoms with Crippen molar-refractivity contribution in [2.45, 2.75) is 30.3 Å². The van der Waals surface area contributed by atoms with Crippen LogP contribution in [0.25, 0.3) is 0 Å². The lowest BCUT2D eigenvalue weighted by Gasteiger charge is -2.22. The van der Waals surface area contributed by atoms with E-state index >= 15 is 0 Å². The molecule has 8 nitrogen and oxygen atoms in total. The lowest BCUT2D eigenvalue weighted by atomic mass is 10.2. The molecule has 0 unspecified atom stereocenters. The summed E-state index contributed by atoms with van der Waals surface area (Å²) in [6.07, 6.45) is 3.75. The second kappa shape index (κ2) is 6.09. The summed E-state index contributed by atoms with van der Waals surface area (Å²) in [5.74, 6) is -1.11. The quantitative estimate of drug-likeness (QED) is 0.855. The van der Waals surface area contributed by atoms with Gasteiger partial charge in [0.25, 0.3) is 0 Å². The summed E-state index contributed by atoms with van der Waals surface area (Å²) < 4.78 is 28.4. The van der Waals surface area contributed by atoms with Gasteiger partial charge in [-0.1, -0.05) is 18.2 Å². The monoisotopic (exact) mass is 336 g/mol. The van der Waals surface area contributed by atoms with Crippen molar-refractivity contribution < 1.29 is 18.3 Å². The topological polar surface area (TPSA) is 105 Å². The number of nitrogens with zero attached hydrogens (tertiary/aromatic N) is 4. The molecule has 9 heteroatoms. The zero-order valence-electron chi connectivity index (χ0n) is 12.2. The van der Waals surface area contributed by atoms with E-state index in [1.165, 1.54) is 23.4 Å². The van der Waals surface area contributed by atoms with Crippen LogP contribution in [-0.4, -0.2) is 51.1 Å². The Morgan fingerprint density at radius 3 is 2.83 bits per heavy atom. The fourth-order valence-electron chi connectivity index (χ4n) is 2.78. The van der Waals surface area contributed by atoms with Gasteiger partial charge in [0.05, 0.1) is 11.4 Å². The maximum Gasteiger partial charge on any atom is 0.322 e. The van der Waals surface area contributed by atoms with Crippen molar-refractivity contribution in [1.29, 1.82) is 0 Å². The Balaban J connectivity index is 1.98. The van der Waals surface area contributed by atoms with E-state index < -0.39 is 22.0 Å². The molecule has 0 aliphatic carbocycles. The fourth-order valence-corrected chi connectivity index (χ4v) is 4.64. The third kappa shape index (κ3) is 2.97. The van der Waals surface area contributed by atoms with Crippen molar-refractivity contribution in [2.75, 3.05) is 6.54 Å². The minimum atomic E-state index is -3.88. The molecule has 23 heavy (non-hydrogen) atoms. The highest BCUT2D eigenvalue weighted by Crippen LogP contribution is 2.28. The van der Waals surface area contributed by atoms with Crippen LogP contribution in [0.3, 0.4) is 0 Å². The van der Waals surface area contributed by atoms with Crippen molar-refractivity contribution in [3.63, 3.8) is 0 Å². The first-order valence-electron chi connectivity index (χ1n) is 7.15. The summed E-state index contributed by atoms with van der Waals surface area (Å²) in [5, 5.41) is 13.2. The normalized spacial score (nSPS) is 19.0. The van der Waals surface area contributed by atoms with E-state index in [4.69, 9.17) is 0 Å². The fraction of sp³-hybridized carbons (Fsp3) is 0.357. The third-order valence-electron chi connectivity index (χ3n) is 3.85. The van der Waals surface area contributed by atoms with Gasteiger partial charge in [0.1, 0.15) is 18.7 Å². The first kappa shape index (κ1) is 15.6. The molecule has 1 atom stereocenters. The van der Waals surface area contributed by atoms with Crippen molar-refractivity contribution in [3.8, 4) is 0 Å². The molecule has 1 saturated heterocycles. The van der Waals surface area contributed by atoms with Gasteiger partial charge in [-0.3, -0.25) is 4.79 Å². The van der Waals surface area contributed by atoms with Crippen molar-refractivity contribution in [2.24, 2.45) is 0 Å². The van der Waals surface area contributed by atoms with Crippen LogP contribution in [0, 0.1) is 0 Å². The lowest BCUT2D eigenvalue weighted by molar-refractivity contribution is -0.140. The highest BCUT2D eigenvalue weighted by Gasteiger charge is 2.40. The Morgan fingerprint density at radius 2 is 2.13 bits per heavy atom. The van der Waals surface area contributed by atoms with Gasteiger partial charge in [0, 0.05) is 6.54 Å². The number of sulfonamides is 1. The standard InChI is InChI=1S/C14H16N4O4S/c19-14(20)12-5-3-7-18(12)23(21,22)13-6-2-1-4-11(13)8-17-10-15-9-16-17/h1-2,4,6,9-10,12H,3,5,7-8H2,(H,19,20)/t12-/m0/s1. The van der Waals surface area contributed by atoms with Crippen LogP contribution in [0.4, 0.5) is 0 Å². The maximum absolute atomic E-state index is 12.9. The van der Waals surface area contributed by atoms with Gasteiger partial charge in [0.2, 0.25) is 10.0 Å². The molecule has 1 aromatic carbocycles. The van der Waals surface area contributed by atoms with Crippen molar-refractivity contribution in [1.82, 2.24) is 19.1 Å². The number of rotatable bonds is 5. The van der Waals surface area contributed by atoms with Gasteiger partial charge in [0.15, 0.2) is 0 Å². The first-order valence-corrected chi connectivity index (χ1v) is 8.59. The van der Waals surface area contributed by atoms with E-state index in [-0.39, 0.29) is 18.0 Å². The number of hydrogen-bond donors (Lipinski definition) is 1. The van der Waals surface area contributed by atoms with Gasteiger partial charge in [-0.15, -0.1) is 0 Å². The number of carbonyl (C=O) groups is 1. The van der Waals surface area contributed by atoms with Crippen LogP contribution in [0.5, 0.6) is 0 Å². The van der Waals surface area contributed by atoms with Crippen LogP contribution in [0.1, 0.15) is 18.4 Å². The molecular weight excluding hydrogens is 320 g/mol. The Bertz CT molecular complexity index is 804. The zero-order valence-corrected chi connectivity index (χ0v) is 13.1. The molecule has 0 amide bonds. The molecule has 1 aromatic heterocycles. The Hall–Kier alpha value is -2.26. The summed E-state index contributed by atoms with van der Waals surface area (Å²) >= 11 is 0. The second-order valence-corrected chi connectivity index (χ2v) is 7.17. The Kier molecular flexibility index (Phi) is 4.14. The van der Waals surface area contributed by atoms with E-state index in [0.29, 0.717) is 18.4 Å². The summed E-state index contributed by atoms with van der Waals surface area (Å²) in [6.45, 7) is 0.470. The van der Waals surface area contributed by atoms with E-state index in [1.54, 1.807) is 18.2 Å². The van der Waals surface area contributed by atoms with Crippen molar-refractivity contribution in [3.05, 3.63) is 42.5 Å². The summed E-state index contributed by atoms with van der Waals surface area (Å²) in [5.41, 5.74) is 0.550. The molecule has 1 N–H and O–H groups in total. The van der Waals surface area contributed by atoms with E-state index in [2.05, 4.69) is 10.1 Å². The number of benzene rings is 1. The smallest absolute Gasteiger partial charge is 0.322 e. The molecule has 1 aliphatic rings. The van der Waals surface area contributed by atoms with Gasteiger partial charge in [-0.25, -0.2) is 18.1 Å². The summed E-state index contributed by atoms with van der Waals surface area (Å²) in [4.78, 5) is 15.3. The minimum Gasteiger partial charge on any atom is -0.480 e. The molecular formula is C14H16N4O4S. The lowest BCUT2D eigenvalue weighted by Crippen LogP contribution is -2.40. The molecule has 122 valence electrons. The Morgan fingerprint density at radius 1 is 1.35 bits per heavy atom. The predicted molar refractivity (Wildman–Crippen MR) is 80.1 cm³/mol. The minimum absolute atomic E-state index is 0.114. The predicted octanol–water partition coefficient (Wildman–Crippen LogP) is 0.564. The van der Waals surface area contributed by atoms with Crippen LogP contribution in [0.15, 0.2) is 41.8 Å². The third-order valence-corrected chi connectivity index (χ3v) is 5.86. The van der Waals surface area contributed by atoms with Gasteiger partial charge in [-0.05, 0) is 24.5 Å². The number of aromatic nitrogens is 3. The van der Waals surface area contributed by atoms with E-state index in [9.17, 15) is 18.3 Å². The van der Waals surface area contributed by atoms with E-state index in [0.717, 1.165) is 4.31 Å². The highest BCUT2D eigenvalue weighted by atomic mass is 32.2. The number of carboxylic acid groups (broad SMARTS) is 1. The summed E-state index contributed by atoms with van der Waals surface area (Å²) in [6, 6.07) is 5.56. The molecule has 2 aromatic rings. The molecule has 0 spiro atoms. The Labute approximate surface area is 133 Å². The number of aliphatic carboxylic acids is 1. The van der Waals surface area contributed by atoms with Gasteiger partial charge < -0.3 is 5.11 Å². The average Bonchev–Trinajstić information content (AvgIpc) is 3.19. The van der Waals surface area contributed by atoms with Crippen LogP contribution < -0.4 is 0 Å². The molecule has 0 radical (unpaired) electrons. The number of hydrogen-bond acceptors (Lipinski definition) is 5. The summed E-state index contributed by atoms with van der Waals surface area (Å²) in [7, 11) is -3.88. The second-order valence-electron chi connectivity index (χ2n) is 5.31. The maximum atomic E-state index is 12.9. The van der Waals surface area contributed by atoms with Crippen molar-refractivity contribution >= 4 is 16.0 Å².